The first kappa shape index (κ1) is 31.7. The molecule has 15 heteroatoms. The van der Waals surface area contributed by atoms with Gasteiger partial charge in [0.15, 0.2) is 28.9 Å². The molecule has 0 spiro atoms. The number of fused-ring (bicyclic) bond motifs is 2. The zero-order valence-corrected chi connectivity index (χ0v) is 26.1. The summed E-state index contributed by atoms with van der Waals surface area (Å²) < 4.78 is 54.7. The second kappa shape index (κ2) is 12.4. The number of alkyl halides is 1. The minimum Gasteiger partial charge on any atom is -0.462 e. The summed E-state index contributed by atoms with van der Waals surface area (Å²) in [6.45, 7) is 7.15. The maximum Gasteiger partial charge on any atom is 0.459 e. The minimum atomic E-state index is -4.37. The Hall–Kier alpha value is -3.68. The summed E-state index contributed by atoms with van der Waals surface area (Å²) >= 11 is 0. The van der Waals surface area contributed by atoms with Crippen LogP contribution in [0, 0.1) is 6.92 Å². The van der Waals surface area contributed by atoms with E-state index in [4.69, 9.17) is 18.5 Å². The second-order valence-electron chi connectivity index (χ2n) is 11.0. The third kappa shape index (κ3) is 6.26. The highest BCUT2D eigenvalue weighted by Gasteiger charge is 2.56. The Kier molecular flexibility index (Phi) is 8.92. The smallest absolute Gasteiger partial charge is 0.459 e. The summed E-state index contributed by atoms with van der Waals surface area (Å²) in [6.07, 6.45) is -3.41. The third-order valence-corrected chi connectivity index (χ3v) is 8.80. The average Bonchev–Trinajstić information content (AvgIpc) is 3.48. The van der Waals surface area contributed by atoms with Crippen molar-refractivity contribution in [1.29, 1.82) is 0 Å². The summed E-state index contributed by atoms with van der Waals surface area (Å²) in [5, 5.41) is 18.1. The molecule has 2 aromatic heterocycles. The molecular weight excluding hydrogens is 594 g/mol. The Morgan fingerprint density at radius 1 is 1.20 bits per heavy atom. The quantitative estimate of drug-likeness (QED) is 0.158. The third-order valence-electron chi connectivity index (χ3n) is 7.17. The van der Waals surface area contributed by atoms with Gasteiger partial charge in [-0.2, -0.15) is 5.09 Å². The Labute approximate surface area is 253 Å². The van der Waals surface area contributed by atoms with E-state index in [0.29, 0.717) is 28.2 Å². The second-order valence-corrected chi connectivity index (χ2v) is 12.7. The molecule has 0 aliphatic carbocycles. The molecule has 1 fully saturated rings. The van der Waals surface area contributed by atoms with Crippen molar-refractivity contribution in [1.82, 2.24) is 24.6 Å². The van der Waals surface area contributed by atoms with Crippen LogP contribution in [0.4, 0.5) is 10.2 Å². The summed E-state index contributed by atoms with van der Waals surface area (Å²) in [5.74, 6) is 0.423. The Balaban J connectivity index is 1.42. The van der Waals surface area contributed by atoms with Crippen LogP contribution in [-0.4, -0.2) is 74.3 Å². The van der Waals surface area contributed by atoms with Crippen molar-refractivity contribution < 1.29 is 37.4 Å². The number of hydrogen-bond donors (Lipinski definition) is 3. The molecule has 6 atom stereocenters. The van der Waals surface area contributed by atoms with Crippen LogP contribution in [0.25, 0.3) is 21.9 Å². The van der Waals surface area contributed by atoms with Crippen molar-refractivity contribution in [3.05, 3.63) is 54.6 Å². The van der Waals surface area contributed by atoms with Crippen molar-refractivity contribution in [2.45, 2.75) is 70.9 Å². The number of rotatable bonds is 11. The average molecular weight is 631 g/mol. The molecule has 4 aromatic rings. The molecule has 3 N–H and O–H groups in total. The molecule has 0 amide bonds. The van der Waals surface area contributed by atoms with Gasteiger partial charge >= 0.3 is 13.7 Å². The number of imidazole rings is 1. The van der Waals surface area contributed by atoms with E-state index in [0.717, 1.165) is 5.39 Å². The highest BCUT2D eigenvalue weighted by Crippen LogP contribution is 2.49. The molecule has 2 aromatic carbocycles. The highest BCUT2D eigenvalue weighted by molar-refractivity contribution is 7.52. The molecule has 13 nitrogen and oxygen atoms in total. The number of benzene rings is 2. The number of aliphatic hydroxyl groups excluding tert-OH is 1. The maximum absolute atomic E-state index is 16.2. The number of anilines is 1. The molecule has 1 aliphatic heterocycles. The molecule has 0 bridgehead atoms. The lowest BCUT2D eigenvalue weighted by molar-refractivity contribution is -0.149. The Morgan fingerprint density at radius 3 is 2.66 bits per heavy atom. The van der Waals surface area contributed by atoms with Crippen LogP contribution in [0.2, 0.25) is 0 Å². The molecule has 5 rings (SSSR count). The number of esters is 1. The lowest BCUT2D eigenvalue weighted by atomic mass is 9.98. The maximum atomic E-state index is 16.2. The lowest BCUT2D eigenvalue weighted by Gasteiger charge is -2.26. The van der Waals surface area contributed by atoms with E-state index in [1.54, 1.807) is 52.1 Å². The van der Waals surface area contributed by atoms with Crippen LogP contribution in [0.5, 0.6) is 5.75 Å². The first-order valence-corrected chi connectivity index (χ1v) is 15.7. The van der Waals surface area contributed by atoms with E-state index in [1.807, 2.05) is 18.2 Å². The summed E-state index contributed by atoms with van der Waals surface area (Å²) in [4.78, 5) is 25.6. The van der Waals surface area contributed by atoms with Gasteiger partial charge in [0.2, 0.25) is 0 Å². The normalized spacial score (nSPS) is 24.0. The number of aryl methyl sites for hydroxylation is 1. The fraction of sp³-hybridized carbons (Fsp3) is 0.448. The van der Waals surface area contributed by atoms with E-state index in [9.17, 15) is 14.5 Å². The minimum absolute atomic E-state index is 0.227. The summed E-state index contributed by atoms with van der Waals surface area (Å²) in [5.41, 5.74) is -1.64. The Bertz CT molecular complexity index is 1710. The van der Waals surface area contributed by atoms with Gasteiger partial charge < -0.3 is 24.4 Å². The van der Waals surface area contributed by atoms with Crippen LogP contribution >= 0.6 is 7.75 Å². The number of ether oxygens (including phenoxy) is 2. The van der Waals surface area contributed by atoms with E-state index in [1.165, 1.54) is 24.7 Å². The number of aromatic nitrogens is 4. The van der Waals surface area contributed by atoms with Gasteiger partial charge in [0.25, 0.3) is 0 Å². The van der Waals surface area contributed by atoms with Gasteiger partial charge in [-0.15, -0.1) is 0 Å². The molecule has 1 saturated heterocycles. The number of carbonyl (C=O) groups excluding carboxylic acids is 1. The van der Waals surface area contributed by atoms with Crippen molar-refractivity contribution in [3.8, 4) is 5.75 Å². The van der Waals surface area contributed by atoms with Gasteiger partial charge in [0.1, 0.15) is 29.8 Å². The first-order valence-electron chi connectivity index (χ1n) is 14.1. The fourth-order valence-corrected chi connectivity index (χ4v) is 6.53. The first-order chi connectivity index (χ1) is 20.8. The number of nitrogens with zero attached hydrogens (tertiary/aromatic N) is 4. The van der Waals surface area contributed by atoms with Gasteiger partial charge in [0, 0.05) is 12.4 Å². The highest BCUT2D eigenvalue weighted by atomic mass is 31.2. The standard InChI is InChI=1S/C29H36FN6O7P/c1-16(2)41-27(38)17(3)35-44(39,43-21-13-9-11-19-10-7-8-12-20(19)21)40-14-22-24(37)29(5,30)28(42-22)36-15-32-23-25(31-6)33-18(4)34-26(23)36/h7-13,15-17,22,24,28,37H,14H2,1-6H3,(H,35,39)(H,31,33,34)/t17-,22-,24-,28-,29-,44+/m1/s1. The van der Waals surface area contributed by atoms with Gasteiger partial charge in [-0.05, 0) is 46.1 Å². The lowest BCUT2D eigenvalue weighted by Crippen LogP contribution is -2.41. The molecule has 1 aliphatic rings. The predicted molar refractivity (Wildman–Crippen MR) is 161 cm³/mol. The number of hydrogen-bond acceptors (Lipinski definition) is 11. The van der Waals surface area contributed by atoms with Gasteiger partial charge in [0.05, 0.1) is 19.0 Å². The van der Waals surface area contributed by atoms with Gasteiger partial charge in [-0.1, -0.05) is 36.4 Å². The van der Waals surface area contributed by atoms with Gasteiger partial charge in [-0.25, -0.2) is 23.9 Å². The molecule has 44 heavy (non-hydrogen) atoms. The number of nitrogens with one attached hydrogen (secondary N) is 2. The van der Waals surface area contributed by atoms with E-state index in [2.05, 4.69) is 25.4 Å². The van der Waals surface area contributed by atoms with E-state index >= 15 is 4.39 Å². The van der Waals surface area contributed by atoms with Crippen molar-refractivity contribution >= 4 is 41.5 Å². The van der Waals surface area contributed by atoms with Crippen molar-refractivity contribution in [3.63, 3.8) is 0 Å². The Morgan fingerprint density at radius 2 is 1.93 bits per heavy atom. The number of aliphatic hydroxyl groups is 1. The SMILES string of the molecule is CNc1nc(C)nc2c1ncn2[C@@H]1O[C@H](CO[P@@](=O)(N[C@H](C)C(=O)OC(C)C)Oc2cccc3ccccc23)[C@@H](O)[C@@]1(C)F. The van der Waals surface area contributed by atoms with E-state index in [-0.39, 0.29) is 5.75 Å². The van der Waals surface area contributed by atoms with Crippen molar-refractivity contribution in [2.24, 2.45) is 0 Å². The van der Waals surface area contributed by atoms with Crippen LogP contribution in [0.15, 0.2) is 48.8 Å². The largest absolute Gasteiger partial charge is 0.462 e. The topological polar surface area (TPSA) is 159 Å². The summed E-state index contributed by atoms with van der Waals surface area (Å²) in [7, 11) is -2.69. The van der Waals surface area contributed by atoms with Crippen LogP contribution < -0.4 is 14.9 Å². The zero-order chi connectivity index (χ0) is 31.8. The predicted octanol–water partition coefficient (Wildman–Crippen LogP) is 4.45. The van der Waals surface area contributed by atoms with Crippen LogP contribution in [0.1, 0.15) is 39.7 Å². The molecule has 0 radical (unpaired) electrons. The van der Waals surface area contributed by atoms with Crippen LogP contribution in [-0.2, 0) is 23.4 Å². The van der Waals surface area contributed by atoms with Crippen molar-refractivity contribution in [2.75, 3.05) is 19.0 Å². The van der Waals surface area contributed by atoms with Crippen LogP contribution in [0.3, 0.4) is 0 Å². The molecule has 0 unspecified atom stereocenters. The number of carbonyl (C=O) groups is 1. The molecule has 3 heterocycles. The zero-order valence-electron chi connectivity index (χ0n) is 25.2. The monoisotopic (exact) mass is 630 g/mol. The molecule has 0 saturated carbocycles. The molecular formula is C29H36FN6O7P. The number of halogens is 1. The van der Waals surface area contributed by atoms with Gasteiger partial charge in [-0.3, -0.25) is 13.9 Å². The van der Waals surface area contributed by atoms with E-state index < -0.39 is 56.6 Å². The molecule has 236 valence electrons. The fourth-order valence-electron chi connectivity index (χ4n) is 5.01. The summed E-state index contributed by atoms with van der Waals surface area (Å²) in [6, 6.07) is 11.4.